The van der Waals surface area contributed by atoms with Gasteiger partial charge in [0.1, 0.15) is 5.56 Å². The lowest BCUT2D eigenvalue weighted by molar-refractivity contribution is 0.0697. The third kappa shape index (κ3) is 2.67. The van der Waals surface area contributed by atoms with Crippen molar-refractivity contribution < 1.29 is 14.7 Å². The number of rotatable bonds is 3. The van der Waals surface area contributed by atoms with Crippen LogP contribution >= 0.6 is 11.6 Å². The van der Waals surface area contributed by atoms with Crippen molar-refractivity contribution in [2.45, 2.75) is 13.8 Å². The maximum Gasteiger partial charge on any atom is 0.339 e. The van der Waals surface area contributed by atoms with Crippen LogP contribution in [0.1, 0.15) is 32.0 Å². The average Bonchev–Trinajstić information content (AvgIpc) is 2.73. The third-order valence-electron chi connectivity index (χ3n) is 2.98. The summed E-state index contributed by atoms with van der Waals surface area (Å²) in [5.41, 5.74) is 1.94. The molecule has 0 aliphatic carbocycles. The van der Waals surface area contributed by atoms with E-state index in [0.717, 1.165) is 5.56 Å². The first kappa shape index (κ1) is 14.1. The molecule has 1 aromatic carbocycles. The Morgan fingerprint density at radius 3 is 2.65 bits per heavy atom. The number of carbonyl (C=O) groups is 2. The first-order valence-electron chi connectivity index (χ1n) is 5.89. The van der Waals surface area contributed by atoms with Crippen molar-refractivity contribution in [2.75, 3.05) is 5.32 Å². The highest BCUT2D eigenvalue weighted by molar-refractivity contribution is 6.31. The number of anilines is 1. The molecule has 2 aromatic rings. The fraction of sp³-hybridized carbons (Fsp3) is 0.143. The Morgan fingerprint density at radius 2 is 2.00 bits per heavy atom. The number of carboxylic acids is 1. The Balaban J connectivity index is 2.33. The van der Waals surface area contributed by atoms with Gasteiger partial charge in [0.05, 0.1) is 5.69 Å². The van der Waals surface area contributed by atoms with Gasteiger partial charge in [-0.15, -0.1) is 0 Å². The number of benzene rings is 1. The summed E-state index contributed by atoms with van der Waals surface area (Å²) in [6.07, 6.45) is 1.45. The van der Waals surface area contributed by atoms with Gasteiger partial charge >= 0.3 is 5.97 Å². The number of nitrogens with one attached hydrogen (secondary N) is 2. The molecule has 0 aliphatic rings. The van der Waals surface area contributed by atoms with Gasteiger partial charge in [-0.05, 0) is 31.5 Å². The lowest BCUT2D eigenvalue weighted by Gasteiger charge is -2.08. The normalized spacial score (nSPS) is 10.3. The van der Waals surface area contributed by atoms with E-state index in [2.05, 4.69) is 10.3 Å². The number of hydrogen-bond donors (Lipinski definition) is 3. The molecule has 20 heavy (non-hydrogen) atoms. The van der Waals surface area contributed by atoms with Crippen LogP contribution in [-0.2, 0) is 0 Å². The molecule has 1 aromatic heterocycles. The Hall–Kier alpha value is -2.27. The van der Waals surface area contributed by atoms with Gasteiger partial charge in [0.25, 0.3) is 5.91 Å². The number of aryl methyl sites for hydroxylation is 2. The van der Waals surface area contributed by atoms with E-state index in [1.54, 1.807) is 32.0 Å². The minimum atomic E-state index is -1.10. The van der Waals surface area contributed by atoms with Gasteiger partial charge in [-0.25, -0.2) is 4.79 Å². The van der Waals surface area contributed by atoms with E-state index in [1.807, 2.05) is 0 Å². The number of aromatic carboxylic acids is 1. The number of carbonyl (C=O) groups excluding carboxylic acids is 1. The monoisotopic (exact) mass is 292 g/mol. The molecule has 1 amide bonds. The van der Waals surface area contributed by atoms with E-state index in [-0.39, 0.29) is 11.3 Å². The van der Waals surface area contributed by atoms with Crippen molar-refractivity contribution in [1.82, 2.24) is 4.98 Å². The number of aromatic nitrogens is 1. The minimum absolute atomic E-state index is 0.0537. The van der Waals surface area contributed by atoms with Gasteiger partial charge in [0.15, 0.2) is 0 Å². The third-order valence-corrected chi connectivity index (χ3v) is 3.22. The first-order chi connectivity index (χ1) is 9.40. The van der Waals surface area contributed by atoms with Gasteiger partial charge in [0.2, 0.25) is 0 Å². The molecule has 2 rings (SSSR count). The summed E-state index contributed by atoms with van der Waals surface area (Å²) in [6.45, 7) is 3.41. The topological polar surface area (TPSA) is 82.2 Å². The van der Waals surface area contributed by atoms with Crippen LogP contribution in [0.4, 0.5) is 5.69 Å². The predicted molar refractivity (Wildman–Crippen MR) is 76.6 cm³/mol. The van der Waals surface area contributed by atoms with Crippen LogP contribution in [0.2, 0.25) is 5.02 Å². The molecule has 1 heterocycles. The predicted octanol–water partition coefficient (Wildman–Crippen LogP) is 3.24. The number of aromatic amines is 1. The zero-order valence-electron chi connectivity index (χ0n) is 11.0. The maximum absolute atomic E-state index is 12.2. The molecule has 0 spiro atoms. The number of halogens is 1. The summed E-state index contributed by atoms with van der Waals surface area (Å²) in [6, 6.07) is 4.97. The lowest BCUT2D eigenvalue weighted by atomic mass is 10.1. The number of hydrogen-bond acceptors (Lipinski definition) is 2. The fourth-order valence-electron chi connectivity index (χ4n) is 1.93. The highest BCUT2D eigenvalue weighted by atomic mass is 35.5. The van der Waals surface area contributed by atoms with Crippen LogP contribution in [-0.4, -0.2) is 22.0 Å². The second kappa shape index (κ2) is 5.38. The summed E-state index contributed by atoms with van der Waals surface area (Å²) >= 11 is 5.87. The quantitative estimate of drug-likeness (QED) is 0.812. The molecule has 5 nitrogen and oxygen atoms in total. The molecule has 0 radical (unpaired) electrons. The van der Waals surface area contributed by atoms with E-state index < -0.39 is 11.9 Å². The largest absolute Gasteiger partial charge is 0.478 e. The molecule has 0 unspecified atom stereocenters. The molecule has 0 atom stereocenters. The molecule has 104 valence electrons. The van der Waals surface area contributed by atoms with Gasteiger partial charge in [-0.3, -0.25) is 4.79 Å². The van der Waals surface area contributed by atoms with Gasteiger partial charge < -0.3 is 15.4 Å². The second-order valence-corrected chi connectivity index (χ2v) is 4.86. The van der Waals surface area contributed by atoms with E-state index in [4.69, 9.17) is 16.7 Å². The van der Waals surface area contributed by atoms with Crippen molar-refractivity contribution in [2.24, 2.45) is 0 Å². The van der Waals surface area contributed by atoms with Crippen LogP contribution in [0.15, 0.2) is 24.4 Å². The zero-order valence-corrected chi connectivity index (χ0v) is 11.7. The van der Waals surface area contributed by atoms with Crippen molar-refractivity contribution in [1.29, 1.82) is 0 Å². The summed E-state index contributed by atoms with van der Waals surface area (Å²) < 4.78 is 0. The minimum Gasteiger partial charge on any atom is -0.478 e. The first-order valence-corrected chi connectivity index (χ1v) is 6.26. The molecule has 0 aliphatic heterocycles. The molecule has 0 fully saturated rings. The van der Waals surface area contributed by atoms with Crippen LogP contribution < -0.4 is 5.32 Å². The zero-order chi connectivity index (χ0) is 14.9. The smallest absolute Gasteiger partial charge is 0.339 e. The average molecular weight is 293 g/mol. The Morgan fingerprint density at radius 1 is 1.30 bits per heavy atom. The van der Waals surface area contributed by atoms with E-state index in [0.29, 0.717) is 16.3 Å². The Bertz CT molecular complexity index is 692. The van der Waals surface area contributed by atoms with Crippen LogP contribution in [0, 0.1) is 13.8 Å². The summed E-state index contributed by atoms with van der Waals surface area (Å²) in [5.74, 6) is -1.49. The number of H-pyrrole nitrogens is 1. The van der Waals surface area contributed by atoms with Crippen molar-refractivity contribution in [3.05, 3.63) is 51.8 Å². The van der Waals surface area contributed by atoms with E-state index in [9.17, 15) is 9.59 Å². The molecule has 0 bridgehead atoms. The number of amides is 1. The maximum atomic E-state index is 12.2. The summed E-state index contributed by atoms with van der Waals surface area (Å²) in [5, 5.41) is 12.2. The standard InChI is InChI=1S/C14H13ClN2O3/c1-7-3-4-9(15)5-10(7)13(18)17-11-6-16-8(2)12(11)14(19)20/h3-6,16H,1-2H3,(H,17,18)(H,19,20). The van der Waals surface area contributed by atoms with Gasteiger partial charge in [-0.1, -0.05) is 17.7 Å². The summed E-state index contributed by atoms with van der Waals surface area (Å²) in [7, 11) is 0. The Labute approximate surface area is 120 Å². The fourth-order valence-corrected chi connectivity index (χ4v) is 2.10. The van der Waals surface area contributed by atoms with E-state index >= 15 is 0 Å². The van der Waals surface area contributed by atoms with Crippen molar-refractivity contribution in [3.8, 4) is 0 Å². The highest BCUT2D eigenvalue weighted by Gasteiger charge is 2.18. The Kier molecular flexibility index (Phi) is 3.81. The SMILES string of the molecule is Cc1ccc(Cl)cc1C(=O)Nc1c[nH]c(C)c1C(=O)O. The number of carboxylic acid groups (broad SMARTS) is 1. The van der Waals surface area contributed by atoms with Crippen molar-refractivity contribution >= 4 is 29.2 Å². The summed E-state index contributed by atoms with van der Waals surface area (Å²) in [4.78, 5) is 26.1. The van der Waals surface area contributed by atoms with Crippen LogP contribution in [0.5, 0.6) is 0 Å². The molecule has 0 saturated heterocycles. The molecule has 6 heteroatoms. The lowest BCUT2D eigenvalue weighted by Crippen LogP contribution is -2.15. The molecule has 3 N–H and O–H groups in total. The van der Waals surface area contributed by atoms with Gasteiger partial charge in [-0.2, -0.15) is 0 Å². The molecular formula is C14H13ClN2O3. The van der Waals surface area contributed by atoms with Crippen LogP contribution in [0.3, 0.4) is 0 Å². The molecular weight excluding hydrogens is 280 g/mol. The molecule has 0 saturated carbocycles. The van der Waals surface area contributed by atoms with E-state index in [1.165, 1.54) is 6.20 Å². The highest BCUT2D eigenvalue weighted by Crippen LogP contribution is 2.21. The van der Waals surface area contributed by atoms with Crippen LogP contribution in [0.25, 0.3) is 0 Å². The van der Waals surface area contributed by atoms with Crippen molar-refractivity contribution in [3.63, 3.8) is 0 Å². The second-order valence-electron chi connectivity index (χ2n) is 4.42. The van der Waals surface area contributed by atoms with Gasteiger partial charge in [0, 0.05) is 22.5 Å².